The molecule has 4 atom stereocenters. The van der Waals surface area contributed by atoms with Crippen LogP contribution in [0.5, 0.6) is 0 Å². The van der Waals surface area contributed by atoms with Gasteiger partial charge in [0.15, 0.2) is 0 Å². The summed E-state index contributed by atoms with van der Waals surface area (Å²) in [6.07, 6.45) is 3.20. The van der Waals surface area contributed by atoms with E-state index in [0.29, 0.717) is 32.8 Å². The Morgan fingerprint density at radius 3 is 2.69 bits per heavy atom. The molecule has 3 rings (SSSR count). The van der Waals surface area contributed by atoms with Crippen molar-refractivity contribution in [2.75, 3.05) is 52.6 Å². The molecule has 2 heterocycles. The summed E-state index contributed by atoms with van der Waals surface area (Å²) in [5.41, 5.74) is 6.50. The average Bonchev–Trinajstić information content (AvgIpc) is 2.78. The van der Waals surface area contributed by atoms with E-state index in [1.807, 2.05) is 0 Å². The van der Waals surface area contributed by atoms with Gasteiger partial charge in [-0.3, -0.25) is 9.69 Å². The molecule has 1 aliphatic carbocycles. The molecule has 0 aromatic rings. The fourth-order valence-corrected chi connectivity index (χ4v) is 4.48. The van der Waals surface area contributed by atoms with Crippen LogP contribution in [-0.4, -0.2) is 110 Å². The number of carbonyl (C=O) groups is 3. The van der Waals surface area contributed by atoms with Crippen LogP contribution in [0.25, 0.3) is 0 Å². The summed E-state index contributed by atoms with van der Waals surface area (Å²) in [6, 6.07) is -1.18. The highest BCUT2D eigenvalue weighted by Gasteiger charge is 2.38. The SMILES string of the molecule is CC(=O)N[C@@H]1[C@H](N2CCC[C@H](OCCOC(=O)N3CCOCC3)C2)C=C(C(=O)O)C[C@@H]1N. The predicted octanol–water partition coefficient (Wildman–Crippen LogP) is -0.448. The van der Waals surface area contributed by atoms with E-state index in [0.717, 1.165) is 19.4 Å². The molecule has 3 aliphatic rings. The van der Waals surface area contributed by atoms with Gasteiger partial charge in [-0.15, -0.1) is 0 Å². The van der Waals surface area contributed by atoms with Crippen molar-refractivity contribution in [3.63, 3.8) is 0 Å². The summed E-state index contributed by atoms with van der Waals surface area (Å²) in [5, 5.41) is 12.4. The number of ether oxygens (including phenoxy) is 3. The number of nitrogens with one attached hydrogen (secondary N) is 1. The van der Waals surface area contributed by atoms with Crippen LogP contribution >= 0.6 is 0 Å². The van der Waals surface area contributed by atoms with E-state index < -0.39 is 12.0 Å². The number of nitrogens with zero attached hydrogens (tertiary/aromatic N) is 2. The van der Waals surface area contributed by atoms with E-state index in [-0.39, 0.29) is 55.4 Å². The maximum Gasteiger partial charge on any atom is 0.409 e. The zero-order valence-electron chi connectivity index (χ0n) is 18.5. The Morgan fingerprint density at radius 1 is 1.25 bits per heavy atom. The van der Waals surface area contributed by atoms with Gasteiger partial charge in [-0.25, -0.2) is 9.59 Å². The zero-order chi connectivity index (χ0) is 23.1. The summed E-state index contributed by atoms with van der Waals surface area (Å²) >= 11 is 0. The van der Waals surface area contributed by atoms with E-state index >= 15 is 0 Å². The van der Waals surface area contributed by atoms with E-state index in [1.54, 1.807) is 11.0 Å². The molecule has 0 aromatic carbocycles. The van der Waals surface area contributed by atoms with Crippen LogP contribution in [0.4, 0.5) is 4.79 Å². The minimum absolute atomic E-state index is 0.0800. The Kier molecular flexibility index (Phi) is 8.85. The highest BCUT2D eigenvalue weighted by Crippen LogP contribution is 2.26. The fourth-order valence-electron chi connectivity index (χ4n) is 4.48. The topological polar surface area (TPSA) is 144 Å². The standard InChI is InChI=1S/C21H34N4O7/c1-14(26)23-19-17(22)11-15(20(27)28)12-18(19)25-4-2-3-16(13-25)31-9-10-32-21(29)24-5-7-30-8-6-24/h12,16-19H,2-11,13,22H2,1H3,(H,23,26)(H,27,28)/t16-,17-,18+,19-/m0/s1. The third-order valence-corrected chi connectivity index (χ3v) is 6.06. The molecular weight excluding hydrogens is 420 g/mol. The minimum atomic E-state index is -0.987. The second kappa shape index (κ2) is 11.6. The Labute approximate surface area is 187 Å². The fraction of sp³-hybridized carbons (Fsp3) is 0.762. The molecule has 11 nitrogen and oxygen atoms in total. The average molecular weight is 455 g/mol. The number of piperidine rings is 1. The number of amides is 2. The van der Waals surface area contributed by atoms with Gasteiger partial charge in [-0.05, 0) is 25.8 Å². The number of carbonyl (C=O) groups excluding carboxylic acids is 2. The van der Waals surface area contributed by atoms with Crippen molar-refractivity contribution in [1.82, 2.24) is 15.1 Å². The highest BCUT2D eigenvalue weighted by atomic mass is 16.6. The number of likely N-dealkylation sites (tertiary alicyclic amines) is 1. The Bertz CT molecular complexity index is 710. The third-order valence-electron chi connectivity index (χ3n) is 6.06. The molecular formula is C21H34N4O7. The monoisotopic (exact) mass is 454 g/mol. The predicted molar refractivity (Wildman–Crippen MR) is 114 cm³/mol. The van der Waals surface area contributed by atoms with Crippen LogP contribution in [0, 0.1) is 0 Å². The van der Waals surface area contributed by atoms with Gasteiger partial charge in [-0.1, -0.05) is 6.08 Å². The summed E-state index contributed by atoms with van der Waals surface area (Å²) in [7, 11) is 0. The lowest BCUT2D eigenvalue weighted by Gasteiger charge is -2.44. The van der Waals surface area contributed by atoms with Crippen molar-refractivity contribution >= 4 is 18.0 Å². The van der Waals surface area contributed by atoms with Gasteiger partial charge in [0, 0.05) is 38.2 Å². The number of carboxylic acids is 1. The van der Waals surface area contributed by atoms with Crippen molar-refractivity contribution in [2.45, 2.75) is 50.4 Å². The van der Waals surface area contributed by atoms with Crippen LogP contribution < -0.4 is 11.1 Å². The quantitative estimate of drug-likeness (QED) is 0.436. The van der Waals surface area contributed by atoms with Crippen molar-refractivity contribution < 1.29 is 33.7 Å². The molecule has 0 unspecified atom stereocenters. The maximum atomic E-state index is 12.0. The Balaban J connectivity index is 1.52. The molecule has 2 aliphatic heterocycles. The van der Waals surface area contributed by atoms with Gasteiger partial charge in [0.1, 0.15) is 6.61 Å². The van der Waals surface area contributed by atoms with E-state index in [1.165, 1.54) is 6.92 Å². The number of nitrogens with two attached hydrogens (primary N) is 1. The first-order chi connectivity index (χ1) is 15.3. The largest absolute Gasteiger partial charge is 0.478 e. The van der Waals surface area contributed by atoms with Gasteiger partial charge >= 0.3 is 12.1 Å². The highest BCUT2D eigenvalue weighted by molar-refractivity contribution is 5.87. The smallest absolute Gasteiger partial charge is 0.409 e. The van der Waals surface area contributed by atoms with Gasteiger partial charge in [0.25, 0.3) is 0 Å². The van der Waals surface area contributed by atoms with Crippen molar-refractivity contribution in [1.29, 1.82) is 0 Å². The molecule has 0 aromatic heterocycles. The van der Waals surface area contributed by atoms with Gasteiger partial charge < -0.3 is 35.3 Å². The molecule has 2 fully saturated rings. The van der Waals surface area contributed by atoms with Gasteiger partial charge in [-0.2, -0.15) is 0 Å². The number of carboxylic acid groups (broad SMARTS) is 1. The van der Waals surface area contributed by atoms with Crippen molar-refractivity contribution in [3.05, 3.63) is 11.6 Å². The van der Waals surface area contributed by atoms with E-state index in [9.17, 15) is 19.5 Å². The molecule has 0 saturated carbocycles. The van der Waals surface area contributed by atoms with Crippen LogP contribution in [0.3, 0.4) is 0 Å². The molecule has 0 radical (unpaired) electrons. The summed E-state index contributed by atoms with van der Waals surface area (Å²) in [5.74, 6) is -1.19. The molecule has 32 heavy (non-hydrogen) atoms. The molecule has 11 heteroatoms. The number of hydrogen-bond donors (Lipinski definition) is 3. The van der Waals surface area contributed by atoms with Crippen LogP contribution in [0.15, 0.2) is 11.6 Å². The van der Waals surface area contributed by atoms with Crippen LogP contribution in [0.1, 0.15) is 26.2 Å². The van der Waals surface area contributed by atoms with Crippen molar-refractivity contribution in [2.24, 2.45) is 5.73 Å². The second-order valence-electron chi connectivity index (χ2n) is 8.43. The normalized spacial score (nSPS) is 29.2. The Hall–Kier alpha value is -2.21. The first-order valence-electron chi connectivity index (χ1n) is 11.2. The number of morpholine rings is 1. The lowest BCUT2D eigenvalue weighted by molar-refractivity contribution is -0.133. The number of aliphatic carboxylic acids is 1. The third kappa shape index (κ3) is 6.64. The van der Waals surface area contributed by atoms with E-state index in [2.05, 4.69) is 10.2 Å². The molecule has 0 bridgehead atoms. The lowest BCUT2D eigenvalue weighted by atomic mass is 9.85. The van der Waals surface area contributed by atoms with Gasteiger partial charge in [0.2, 0.25) is 5.91 Å². The molecule has 180 valence electrons. The molecule has 2 saturated heterocycles. The Morgan fingerprint density at radius 2 is 2.00 bits per heavy atom. The molecule has 4 N–H and O–H groups in total. The summed E-state index contributed by atoms with van der Waals surface area (Å²) in [4.78, 5) is 39.0. The van der Waals surface area contributed by atoms with Gasteiger partial charge in [0.05, 0.1) is 38.0 Å². The molecule has 2 amide bonds. The molecule has 0 spiro atoms. The first kappa shape index (κ1) is 24.4. The summed E-state index contributed by atoms with van der Waals surface area (Å²) in [6.45, 7) is 5.31. The summed E-state index contributed by atoms with van der Waals surface area (Å²) < 4.78 is 16.5. The maximum absolute atomic E-state index is 12.0. The second-order valence-corrected chi connectivity index (χ2v) is 8.43. The van der Waals surface area contributed by atoms with Crippen LogP contribution in [-0.2, 0) is 23.8 Å². The lowest BCUT2D eigenvalue weighted by Crippen LogP contribution is -2.62. The van der Waals surface area contributed by atoms with Crippen LogP contribution in [0.2, 0.25) is 0 Å². The minimum Gasteiger partial charge on any atom is -0.478 e. The van der Waals surface area contributed by atoms with Crippen molar-refractivity contribution in [3.8, 4) is 0 Å². The van der Waals surface area contributed by atoms with E-state index in [4.69, 9.17) is 19.9 Å². The first-order valence-corrected chi connectivity index (χ1v) is 11.2. The zero-order valence-corrected chi connectivity index (χ0v) is 18.5. The number of hydrogen-bond acceptors (Lipinski definition) is 8. The number of rotatable bonds is 7.